The first-order valence-electron chi connectivity index (χ1n) is 8.80. The minimum atomic E-state index is -0.674. The average molecular weight is 349 g/mol. The molecule has 2 fully saturated rings. The molecule has 1 aromatic rings. The summed E-state index contributed by atoms with van der Waals surface area (Å²) in [6.07, 6.45) is 1.31. The zero-order chi connectivity index (χ0) is 17.6. The number of amides is 2. The van der Waals surface area contributed by atoms with E-state index in [9.17, 15) is 14.0 Å². The number of morpholine rings is 1. The van der Waals surface area contributed by atoms with Crippen LogP contribution in [-0.4, -0.2) is 62.7 Å². The number of carbonyl (C=O) groups excluding carboxylic acids is 2. The van der Waals surface area contributed by atoms with E-state index < -0.39 is 5.92 Å². The van der Waals surface area contributed by atoms with Gasteiger partial charge in [0, 0.05) is 31.9 Å². The minimum Gasteiger partial charge on any atom is -0.379 e. The number of nitrogens with zero attached hydrogens (tertiary/aromatic N) is 2. The second kappa shape index (κ2) is 8.40. The number of ether oxygens (including phenoxy) is 1. The first kappa shape index (κ1) is 17.8. The number of hydrogen-bond donors (Lipinski definition) is 1. The van der Waals surface area contributed by atoms with Gasteiger partial charge in [0.25, 0.3) is 0 Å². The number of nitrogens with one attached hydrogen (secondary N) is 1. The molecule has 0 radical (unpaired) electrons. The highest BCUT2D eigenvalue weighted by Gasteiger charge is 2.37. The van der Waals surface area contributed by atoms with Crippen molar-refractivity contribution in [2.75, 3.05) is 50.8 Å². The van der Waals surface area contributed by atoms with E-state index in [1.54, 1.807) is 12.1 Å². The van der Waals surface area contributed by atoms with Crippen molar-refractivity contribution in [3.8, 4) is 0 Å². The molecule has 2 aliphatic heterocycles. The Morgan fingerprint density at radius 3 is 2.84 bits per heavy atom. The van der Waals surface area contributed by atoms with Gasteiger partial charge in [-0.1, -0.05) is 6.07 Å². The molecular formula is C18H24FN3O3. The molecule has 6 nitrogen and oxygen atoms in total. The predicted octanol–water partition coefficient (Wildman–Crippen LogP) is 1.02. The zero-order valence-electron chi connectivity index (χ0n) is 14.2. The van der Waals surface area contributed by atoms with Gasteiger partial charge >= 0.3 is 0 Å². The van der Waals surface area contributed by atoms with Crippen LogP contribution in [0, 0.1) is 11.7 Å². The molecule has 7 heteroatoms. The summed E-state index contributed by atoms with van der Waals surface area (Å²) >= 11 is 0. The number of hydrogen-bond acceptors (Lipinski definition) is 4. The SMILES string of the molecule is O=C(NCCCN1CCOCC1)C1CCN(c2cccc(F)c2)C1=O. The molecule has 1 N–H and O–H groups in total. The van der Waals surface area contributed by atoms with E-state index in [2.05, 4.69) is 10.2 Å². The van der Waals surface area contributed by atoms with Gasteiger partial charge < -0.3 is 15.0 Å². The fourth-order valence-electron chi connectivity index (χ4n) is 3.29. The van der Waals surface area contributed by atoms with E-state index in [1.807, 2.05) is 0 Å². The molecule has 0 saturated carbocycles. The Labute approximate surface area is 146 Å². The lowest BCUT2D eigenvalue weighted by Crippen LogP contribution is -2.40. The standard InChI is InChI=1S/C18H24FN3O3/c19-14-3-1-4-15(13-14)22-8-5-16(18(22)24)17(23)20-6-2-7-21-9-11-25-12-10-21/h1,3-4,13,16H,2,5-12H2,(H,20,23). The maximum atomic E-state index is 13.3. The summed E-state index contributed by atoms with van der Waals surface area (Å²) in [5.41, 5.74) is 0.507. The Bertz CT molecular complexity index is 619. The maximum Gasteiger partial charge on any atom is 0.239 e. The second-order valence-corrected chi connectivity index (χ2v) is 6.41. The van der Waals surface area contributed by atoms with Crippen molar-refractivity contribution in [3.63, 3.8) is 0 Å². The third-order valence-electron chi connectivity index (χ3n) is 4.70. The van der Waals surface area contributed by atoms with Gasteiger partial charge in [0.1, 0.15) is 11.7 Å². The Morgan fingerprint density at radius 1 is 1.28 bits per heavy atom. The number of rotatable bonds is 6. The molecule has 2 saturated heterocycles. The summed E-state index contributed by atoms with van der Waals surface area (Å²) in [6, 6.07) is 5.91. The first-order valence-corrected chi connectivity index (χ1v) is 8.80. The molecule has 136 valence electrons. The van der Waals surface area contributed by atoms with Crippen molar-refractivity contribution in [2.45, 2.75) is 12.8 Å². The van der Waals surface area contributed by atoms with Crippen molar-refractivity contribution in [1.82, 2.24) is 10.2 Å². The summed E-state index contributed by atoms with van der Waals surface area (Å²) < 4.78 is 18.6. The molecule has 1 unspecified atom stereocenters. The fraction of sp³-hybridized carbons (Fsp3) is 0.556. The van der Waals surface area contributed by atoms with Crippen molar-refractivity contribution in [1.29, 1.82) is 0 Å². The van der Waals surface area contributed by atoms with Gasteiger partial charge in [0.05, 0.1) is 13.2 Å². The van der Waals surface area contributed by atoms with Crippen LogP contribution >= 0.6 is 0 Å². The number of carbonyl (C=O) groups is 2. The topological polar surface area (TPSA) is 61.9 Å². The van der Waals surface area contributed by atoms with E-state index in [1.165, 1.54) is 17.0 Å². The van der Waals surface area contributed by atoms with Crippen molar-refractivity contribution >= 4 is 17.5 Å². The van der Waals surface area contributed by atoms with Gasteiger partial charge in [0.15, 0.2) is 0 Å². The molecule has 3 rings (SSSR count). The maximum absolute atomic E-state index is 13.3. The molecule has 1 atom stereocenters. The van der Waals surface area contributed by atoms with Crippen LogP contribution in [0.2, 0.25) is 0 Å². The van der Waals surface area contributed by atoms with Gasteiger partial charge in [0.2, 0.25) is 11.8 Å². The number of benzene rings is 1. The van der Waals surface area contributed by atoms with Crippen molar-refractivity contribution in [3.05, 3.63) is 30.1 Å². The minimum absolute atomic E-state index is 0.231. The van der Waals surface area contributed by atoms with Gasteiger partial charge in [-0.05, 0) is 37.6 Å². The monoisotopic (exact) mass is 349 g/mol. The lowest BCUT2D eigenvalue weighted by atomic mass is 10.1. The molecule has 2 heterocycles. The average Bonchev–Trinajstić information content (AvgIpc) is 3.01. The highest BCUT2D eigenvalue weighted by Crippen LogP contribution is 2.25. The van der Waals surface area contributed by atoms with Gasteiger partial charge in [-0.3, -0.25) is 14.5 Å². The van der Waals surface area contributed by atoms with E-state index in [0.29, 0.717) is 25.2 Å². The summed E-state index contributed by atoms with van der Waals surface area (Å²) in [7, 11) is 0. The lowest BCUT2D eigenvalue weighted by Gasteiger charge is -2.26. The van der Waals surface area contributed by atoms with Gasteiger partial charge in [-0.2, -0.15) is 0 Å². The molecule has 1 aromatic carbocycles. The Kier molecular flexibility index (Phi) is 5.99. The lowest BCUT2D eigenvalue weighted by molar-refractivity contribution is -0.132. The molecule has 0 aromatic heterocycles. The smallest absolute Gasteiger partial charge is 0.239 e. The zero-order valence-corrected chi connectivity index (χ0v) is 14.2. The van der Waals surface area contributed by atoms with Crippen molar-refractivity contribution in [2.24, 2.45) is 5.92 Å². The molecule has 25 heavy (non-hydrogen) atoms. The first-order chi connectivity index (χ1) is 12.1. The molecule has 0 aliphatic carbocycles. The third kappa shape index (κ3) is 4.55. The molecule has 2 aliphatic rings. The summed E-state index contributed by atoms with van der Waals surface area (Å²) in [6.45, 7) is 5.29. The van der Waals surface area contributed by atoms with Crippen LogP contribution in [-0.2, 0) is 14.3 Å². The van der Waals surface area contributed by atoms with Crippen LogP contribution in [0.15, 0.2) is 24.3 Å². The molecule has 0 spiro atoms. The number of anilines is 1. The summed E-state index contributed by atoms with van der Waals surface area (Å²) in [5, 5.41) is 2.86. The largest absolute Gasteiger partial charge is 0.379 e. The quantitative estimate of drug-likeness (QED) is 0.615. The normalized spacial score (nSPS) is 21.6. The second-order valence-electron chi connectivity index (χ2n) is 6.41. The van der Waals surface area contributed by atoms with Crippen LogP contribution in [0.1, 0.15) is 12.8 Å². The highest BCUT2D eigenvalue weighted by molar-refractivity contribution is 6.09. The number of halogens is 1. The van der Waals surface area contributed by atoms with Gasteiger partial charge in [-0.25, -0.2) is 4.39 Å². The van der Waals surface area contributed by atoms with E-state index in [4.69, 9.17) is 4.74 Å². The molecule has 0 bridgehead atoms. The Hall–Kier alpha value is -1.99. The van der Waals surface area contributed by atoms with E-state index in [0.717, 1.165) is 39.3 Å². The highest BCUT2D eigenvalue weighted by atomic mass is 19.1. The Balaban J connectivity index is 1.44. The molecular weight excluding hydrogens is 325 g/mol. The van der Waals surface area contributed by atoms with Crippen LogP contribution in [0.25, 0.3) is 0 Å². The third-order valence-corrected chi connectivity index (χ3v) is 4.70. The predicted molar refractivity (Wildman–Crippen MR) is 91.7 cm³/mol. The van der Waals surface area contributed by atoms with E-state index in [-0.39, 0.29) is 17.6 Å². The summed E-state index contributed by atoms with van der Waals surface area (Å²) in [4.78, 5) is 28.5. The van der Waals surface area contributed by atoms with Crippen molar-refractivity contribution < 1.29 is 18.7 Å². The fourth-order valence-corrected chi connectivity index (χ4v) is 3.29. The molecule has 2 amide bonds. The van der Waals surface area contributed by atoms with E-state index >= 15 is 0 Å². The van der Waals surface area contributed by atoms with Gasteiger partial charge in [-0.15, -0.1) is 0 Å². The summed E-state index contributed by atoms with van der Waals surface area (Å²) in [5.74, 6) is -1.55. The van der Waals surface area contributed by atoms with Crippen LogP contribution in [0.3, 0.4) is 0 Å². The van der Waals surface area contributed by atoms with Crippen LogP contribution in [0.5, 0.6) is 0 Å². The Morgan fingerprint density at radius 2 is 2.08 bits per heavy atom. The van der Waals surface area contributed by atoms with Crippen LogP contribution in [0.4, 0.5) is 10.1 Å². The van der Waals surface area contributed by atoms with Crippen LogP contribution < -0.4 is 10.2 Å².